The van der Waals surface area contributed by atoms with Crippen molar-refractivity contribution in [1.82, 2.24) is 0 Å². The first-order valence-corrected chi connectivity index (χ1v) is 12.2. The average Bonchev–Trinajstić information content (AvgIpc) is 2.72. The first kappa shape index (κ1) is 26.7. The highest BCUT2D eigenvalue weighted by Crippen LogP contribution is 2.13. The number of aryl methyl sites for hydroxylation is 2. The summed E-state index contributed by atoms with van der Waals surface area (Å²) in [7, 11) is -4.27. The zero-order valence-corrected chi connectivity index (χ0v) is 19.5. The van der Waals surface area contributed by atoms with Crippen LogP contribution in [0.2, 0.25) is 0 Å². The fourth-order valence-electron chi connectivity index (χ4n) is 3.28. The minimum Gasteiger partial charge on any atom is -0.744 e. The molecular formula is C23H34N2O5S. The van der Waals surface area contributed by atoms with Crippen molar-refractivity contribution in [2.75, 3.05) is 19.6 Å². The number of nitrogens with one attached hydrogen (secondary N) is 1. The Labute approximate surface area is 186 Å². The van der Waals surface area contributed by atoms with Crippen molar-refractivity contribution in [3.63, 3.8) is 0 Å². The molecule has 0 unspecified atom stereocenters. The third-order valence-electron chi connectivity index (χ3n) is 4.91. The molecule has 0 aromatic heterocycles. The molecule has 0 amide bonds. The fraction of sp³-hybridized carbons (Fsp3) is 0.478. The van der Waals surface area contributed by atoms with E-state index in [-0.39, 0.29) is 15.5 Å². The van der Waals surface area contributed by atoms with Crippen molar-refractivity contribution in [1.29, 1.82) is 0 Å². The van der Waals surface area contributed by atoms with Crippen molar-refractivity contribution in [3.05, 3.63) is 69.8 Å². The third kappa shape index (κ3) is 11.1. The van der Waals surface area contributed by atoms with Crippen LogP contribution in [0.3, 0.4) is 0 Å². The van der Waals surface area contributed by atoms with E-state index in [1.165, 1.54) is 56.6 Å². The monoisotopic (exact) mass is 450 g/mol. The number of hydrogen-bond donors (Lipinski definition) is 1. The second-order valence-corrected chi connectivity index (χ2v) is 9.03. The number of hydrogen-bond acceptors (Lipinski definition) is 5. The van der Waals surface area contributed by atoms with Crippen molar-refractivity contribution in [2.45, 2.75) is 57.8 Å². The smallest absolute Gasteiger partial charge is 0.269 e. The lowest BCUT2D eigenvalue weighted by molar-refractivity contribution is -0.900. The summed E-state index contributed by atoms with van der Waals surface area (Å²) in [6.45, 7) is 10.1. The second kappa shape index (κ2) is 13.9. The second-order valence-electron chi connectivity index (χ2n) is 7.65. The average molecular weight is 451 g/mol. The molecule has 1 N–H and O–H groups in total. The predicted molar refractivity (Wildman–Crippen MR) is 121 cm³/mol. The molecule has 2 aromatic rings. The number of non-ortho nitro benzene ring substituents is 1. The van der Waals surface area contributed by atoms with Gasteiger partial charge >= 0.3 is 0 Å². The Bertz CT molecular complexity index is 875. The lowest BCUT2D eigenvalue weighted by Gasteiger charge is -2.17. The number of nitro groups is 1. The highest BCUT2D eigenvalue weighted by atomic mass is 32.2. The van der Waals surface area contributed by atoms with E-state index in [9.17, 15) is 23.1 Å². The quantitative estimate of drug-likeness (QED) is 0.244. The molecule has 0 aliphatic heterocycles. The van der Waals surface area contributed by atoms with Crippen LogP contribution >= 0.6 is 0 Å². The van der Waals surface area contributed by atoms with Crippen molar-refractivity contribution in [2.24, 2.45) is 0 Å². The van der Waals surface area contributed by atoms with E-state index in [0.29, 0.717) is 0 Å². The van der Waals surface area contributed by atoms with Gasteiger partial charge in [-0.05, 0) is 56.7 Å². The summed E-state index contributed by atoms with van der Waals surface area (Å²) >= 11 is 0. The summed E-state index contributed by atoms with van der Waals surface area (Å²) in [5.41, 5.74) is 2.30. The molecule has 0 aliphatic rings. The maximum Gasteiger partial charge on any atom is 0.269 e. The van der Waals surface area contributed by atoms with Crippen LogP contribution in [0.25, 0.3) is 0 Å². The summed E-state index contributed by atoms with van der Waals surface area (Å²) in [5.74, 6) is 0. The Hall–Kier alpha value is -2.29. The molecule has 0 radical (unpaired) electrons. The Kier molecular flexibility index (Phi) is 12.0. The van der Waals surface area contributed by atoms with Crippen LogP contribution < -0.4 is 4.90 Å². The minimum atomic E-state index is -4.27. The van der Waals surface area contributed by atoms with Gasteiger partial charge in [-0.25, -0.2) is 8.42 Å². The van der Waals surface area contributed by atoms with E-state index >= 15 is 0 Å². The zero-order valence-electron chi connectivity index (χ0n) is 18.7. The van der Waals surface area contributed by atoms with E-state index in [4.69, 9.17) is 0 Å². The van der Waals surface area contributed by atoms with E-state index in [1.807, 2.05) is 19.1 Å². The largest absolute Gasteiger partial charge is 0.744 e. The van der Waals surface area contributed by atoms with E-state index in [0.717, 1.165) is 18.4 Å². The minimum absolute atomic E-state index is 0.176. The molecule has 31 heavy (non-hydrogen) atoms. The van der Waals surface area contributed by atoms with Crippen molar-refractivity contribution in [3.8, 4) is 0 Å². The predicted octanol–water partition coefficient (Wildman–Crippen LogP) is 3.52. The third-order valence-corrected chi connectivity index (χ3v) is 5.76. The van der Waals surface area contributed by atoms with Crippen LogP contribution in [0.15, 0.2) is 53.4 Å². The zero-order chi connectivity index (χ0) is 23.3. The highest BCUT2D eigenvalue weighted by Gasteiger charge is 2.06. The Morgan fingerprint density at radius 2 is 1.42 bits per heavy atom. The molecule has 2 aromatic carbocycles. The molecule has 0 saturated carbocycles. The Morgan fingerprint density at radius 3 is 1.87 bits per heavy atom. The molecule has 0 heterocycles. The number of nitro benzene ring substituents is 1. The molecule has 8 heteroatoms. The molecule has 0 fully saturated rings. The van der Waals surface area contributed by atoms with Gasteiger partial charge in [-0.15, -0.1) is 0 Å². The first-order chi connectivity index (χ1) is 14.7. The Balaban J connectivity index is 0.000000367. The first-order valence-electron chi connectivity index (χ1n) is 10.8. The molecular weight excluding hydrogens is 416 g/mol. The fourth-order valence-corrected chi connectivity index (χ4v) is 3.74. The lowest BCUT2D eigenvalue weighted by Crippen LogP contribution is -3.12. The number of unbranched alkanes of at least 4 members (excludes halogenated alkanes) is 1. The molecule has 0 bridgehead atoms. The van der Waals surface area contributed by atoms with E-state index in [1.54, 1.807) is 29.2 Å². The van der Waals surface area contributed by atoms with Gasteiger partial charge in [0.25, 0.3) is 5.69 Å². The summed E-state index contributed by atoms with van der Waals surface area (Å²) in [6.07, 6.45) is 5.90. The van der Waals surface area contributed by atoms with E-state index < -0.39 is 10.1 Å². The van der Waals surface area contributed by atoms with Gasteiger partial charge < -0.3 is 9.45 Å². The van der Waals surface area contributed by atoms with Gasteiger partial charge in [-0.1, -0.05) is 43.7 Å². The number of benzene rings is 2. The molecule has 172 valence electrons. The molecule has 0 saturated heterocycles. The maximum absolute atomic E-state index is 10.6. The molecule has 2 rings (SSSR count). The summed E-state index contributed by atoms with van der Waals surface area (Å²) in [4.78, 5) is 11.8. The molecule has 0 atom stereocenters. The van der Waals surface area contributed by atoms with Crippen LogP contribution in [-0.2, 0) is 16.5 Å². The molecule has 7 nitrogen and oxygen atoms in total. The topological polar surface area (TPSA) is 105 Å². The van der Waals surface area contributed by atoms with Crippen LogP contribution in [-0.4, -0.2) is 37.5 Å². The van der Waals surface area contributed by atoms with Gasteiger partial charge in [0.1, 0.15) is 10.1 Å². The van der Waals surface area contributed by atoms with Crippen LogP contribution in [0, 0.1) is 17.0 Å². The van der Waals surface area contributed by atoms with Gasteiger partial charge in [-0.3, -0.25) is 10.1 Å². The van der Waals surface area contributed by atoms with Crippen molar-refractivity contribution >= 4 is 15.8 Å². The molecule has 0 aliphatic carbocycles. The molecule has 0 spiro atoms. The summed E-state index contributed by atoms with van der Waals surface area (Å²) in [6, 6.07) is 12.7. The summed E-state index contributed by atoms with van der Waals surface area (Å²) in [5, 5.41) is 10.6. The number of quaternary nitrogens is 1. The van der Waals surface area contributed by atoms with Crippen LogP contribution in [0.1, 0.15) is 50.7 Å². The Morgan fingerprint density at radius 1 is 0.871 bits per heavy atom. The van der Waals surface area contributed by atoms with Gasteiger partial charge in [0.05, 0.1) is 29.5 Å². The SMILES string of the molecule is CCC[NH+](CCC)CCCCc1ccc([N+](=O)[O-])cc1.Cc1ccc(S(=O)(=O)[O-])cc1. The van der Waals surface area contributed by atoms with Gasteiger partial charge in [0.2, 0.25) is 0 Å². The van der Waals surface area contributed by atoms with Gasteiger partial charge in [0.15, 0.2) is 0 Å². The van der Waals surface area contributed by atoms with E-state index in [2.05, 4.69) is 13.8 Å². The van der Waals surface area contributed by atoms with Crippen molar-refractivity contribution < 1.29 is 22.8 Å². The number of rotatable bonds is 11. The highest BCUT2D eigenvalue weighted by molar-refractivity contribution is 7.85. The normalized spacial score (nSPS) is 11.1. The maximum atomic E-state index is 10.6. The number of nitrogens with zero attached hydrogens (tertiary/aromatic N) is 1. The lowest BCUT2D eigenvalue weighted by atomic mass is 10.1. The summed E-state index contributed by atoms with van der Waals surface area (Å²) < 4.78 is 31.2. The standard InChI is InChI=1S/C16H26N2O2.C7H8O3S/c1-3-12-17(13-4-2)14-6-5-7-15-8-10-16(11-9-15)18(19)20;1-6-2-4-7(5-3-6)11(8,9)10/h8-11H,3-7,12-14H2,1-2H3;2-5H,1H3,(H,8,9,10). The van der Waals surface area contributed by atoms with Crippen LogP contribution in [0.4, 0.5) is 5.69 Å². The van der Waals surface area contributed by atoms with Crippen LogP contribution in [0.5, 0.6) is 0 Å². The van der Waals surface area contributed by atoms with Gasteiger partial charge in [0, 0.05) is 12.1 Å². The van der Waals surface area contributed by atoms with Gasteiger partial charge in [-0.2, -0.15) is 0 Å².